The zero-order valence-electron chi connectivity index (χ0n) is 18.9. The number of amides is 2. The van der Waals surface area contributed by atoms with Crippen LogP contribution in [0.15, 0.2) is 79.3 Å². The van der Waals surface area contributed by atoms with Crippen molar-refractivity contribution in [3.05, 3.63) is 84.8 Å². The van der Waals surface area contributed by atoms with Gasteiger partial charge in [-0.1, -0.05) is 48.5 Å². The smallest absolute Gasteiger partial charge is 0.229 e. The zero-order valence-corrected chi connectivity index (χ0v) is 18.9. The van der Waals surface area contributed by atoms with Gasteiger partial charge in [-0.3, -0.25) is 14.5 Å². The summed E-state index contributed by atoms with van der Waals surface area (Å²) < 4.78 is 2.02. The topological polar surface area (TPSA) is 87.5 Å². The van der Waals surface area contributed by atoms with Crippen LogP contribution in [0.4, 0.5) is 11.5 Å². The van der Waals surface area contributed by atoms with E-state index in [0.29, 0.717) is 5.82 Å². The molecule has 1 fully saturated rings. The van der Waals surface area contributed by atoms with Crippen molar-refractivity contribution < 1.29 is 14.7 Å². The summed E-state index contributed by atoms with van der Waals surface area (Å²) in [6, 6.07) is 21.0. The third-order valence-electron chi connectivity index (χ3n) is 6.31. The average Bonchev–Trinajstić information content (AvgIpc) is 3.25. The van der Waals surface area contributed by atoms with E-state index in [2.05, 4.69) is 10.3 Å². The molecule has 5 rings (SSSR count). The number of hydrogen-bond acceptors (Lipinski definition) is 4. The van der Waals surface area contributed by atoms with Crippen LogP contribution in [0.2, 0.25) is 0 Å². The summed E-state index contributed by atoms with van der Waals surface area (Å²) in [7, 11) is 0. The molecule has 0 radical (unpaired) electrons. The lowest BCUT2D eigenvalue weighted by Crippen LogP contribution is -2.45. The second kappa shape index (κ2) is 9.02. The van der Waals surface area contributed by atoms with Crippen LogP contribution in [-0.4, -0.2) is 32.5 Å². The summed E-state index contributed by atoms with van der Waals surface area (Å²) in [5.41, 5.74) is 1.59. The molecule has 0 saturated heterocycles. The molecule has 172 valence electrons. The summed E-state index contributed by atoms with van der Waals surface area (Å²) in [6.07, 6.45) is 5.50. The SMILES string of the molecule is CC(=O)N(c1cn(C2CC(NC(=O)Cc3cccc(O)c3)C2)cn1)c1cccc2ccccc12. The first kappa shape index (κ1) is 21.7. The Morgan fingerprint density at radius 1 is 1.09 bits per heavy atom. The minimum absolute atomic E-state index is 0.0564. The summed E-state index contributed by atoms with van der Waals surface area (Å²) in [4.78, 5) is 31.1. The third-order valence-corrected chi connectivity index (χ3v) is 6.31. The average molecular weight is 455 g/mol. The highest BCUT2D eigenvalue weighted by Gasteiger charge is 2.32. The molecule has 2 amide bonds. The van der Waals surface area contributed by atoms with Crippen LogP contribution in [-0.2, 0) is 16.0 Å². The summed E-state index contributed by atoms with van der Waals surface area (Å²) >= 11 is 0. The number of carbonyl (C=O) groups excluding carboxylic acids is 2. The first-order chi connectivity index (χ1) is 16.5. The number of imidazole rings is 1. The van der Waals surface area contributed by atoms with Gasteiger partial charge in [0.1, 0.15) is 5.75 Å². The second-order valence-corrected chi connectivity index (χ2v) is 8.77. The lowest BCUT2D eigenvalue weighted by molar-refractivity contribution is -0.122. The van der Waals surface area contributed by atoms with E-state index in [9.17, 15) is 14.7 Å². The summed E-state index contributed by atoms with van der Waals surface area (Å²) in [5.74, 6) is 0.583. The molecule has 7 heteroatoms. The van der Waals surface area contributed by atoms with Crippen LogP contribution < -0.4 is 10.2 Å². The number of aromatic hydroxyl groups is 1. The molecule has 1 aliphatic rings. The Morgan fingerprint density at radius 2 is 1.85 bits per heavy atom. The van der Waals surface area contributed by atoms with E-state index in [4.69, 9.17) is 0 Å². The Morgan fingerprint density at radius 3 is 2.65 bits per heavy atom. The molecule has 1 aromatic heterocycles. The van der Waals surface area contributed by atoms with Crippen molar-refractivity contribution in [3.63, 3.8) is 0 Å². The highest BCUT2D eigenvalue weighted by atomic mass is 16.3. The number of hydrogen-bond donors (Lipinski definition) is 2. The minimum Gasteiger partial charge on any atom is -0.508 e. The predicted octanol–water partition coefficient (Wildman–Crippen LogP) is 4.49. The molecule has 3 aromatic carbocycles. The molecule has 4 aromatic rings. The maximum Gasteiger partial charge on any atom is 0.229 e. The molecule has 0 unspecified atom stereocenters. The molecule has 0 aliphatic heterocycles. The first-order valence-corrected chi connectivity index (χ1v) is 11.4. The van der Waals surface area contributed by atoms with Gasteiger partial charge in [-0.25, -0.2) is 4.98 Å². The van der Waals surface area contributed by atoms with Gasteiger partial charge in [0.25, 0.3) is 0 Å². The Bertz CT molecular complexity index is 1350. The molecule has 2 N–H and O–H groups in total. The highest BCUT2D eigenvalue weighted by Crippen LogP contribution is 2.36. The molecule has 0 spiro atoms. The standard InChI is InChI=1S/C27H26N4O3/c1-18(32)31(25-11-5-8-20-7-2-3-10-24(20)25)26-16-30(17-28-26)22-14-21(15-22)29-27(34)13-19-6-4-9-23(33)12-19/h2-12,16-17,21-22,33H,13-15H2,1H3,(H,29,34). The number of phenolic OH excluding ortho intramolecular Hbond substituents is 1. The van der Waals surface area contributed by atoms with E-state index in [0.717, 1.165) is 34.9 Å². The first-order valence-electron chi connectivity index (χ1n) is 11.4. The Balaban J connectivity index is 1.25. The van der Waals surface area contributed by atoms with Gasteiger partial charge in [-0.05, 0) is 42.0 Å². The lowest BCUT2D eigenvalue weighted by Gasteiger charge is -2.36. The molecule has 0 bridgehead atoms. The van der Waals surface area contributed by atoms with Crippen molar-refractivity contribution in [2.45, 2.75) is 38.3 Å². The Hall–Kier alpha value is -4.13. The van der Waals surface area contributed by atoms with Crippen molar-refractivity contribution in [1.29, 1.82) is 0 Å². The number of nitrogens with zero attached hydrogens (tertiary/aromatic N) is 3. The summed E-state index contributed by atoms with van der Waals surface area (Å²) in [6.45, 7) is 1.54. The van der Waals surface area contributed by atoms with E-state index in [1.807, 2.05) is 59.3 Å². The van der Waals surface area contributed by atoms with Crippen molar-refractivity contribution >= 4 is 34.1 Å². The monoisotopic (exact) mass is 454 g/mol. The Labute approximate surface area is 197 Å². The van der Waals surface area contributed by atoms with Crippen molar-refractivity contribution in [3.8, 4) is 5.75 Å². The van der Waals surface area contributed by atoms with Gasteiger partial charge in [0, 0.05) is 30.6 Å². The fourth-order valence-corrected chi connectivity index (χ4v) is 4.58. The predicted molar refractivity (Wildman–Crippen MR) is 131 cm³/mol. The maximum absolute atomic E-state index is 12.6. The maximum atomic E-state index is 12.6. The van der Waals surface area contributed by atoms with Gasteiger partial charge in [0.2, 0.25) is 11.8 Å². The number of rotatable bonds is 6. The van der Waals surface area contributed by atoms with Crippen molar-refractivity contribution in [2.24, 2.45) is 0 Å². The molecule has 1 heterocycles. The van der Waals surface area contributed by atoms with E-state index >= 15 is 0 Å². The highest BCUT2D eigenvalue weighted by molar-refractivity contribution is 6.06. The Kier molecular flexibility index (Phi) is 5.76. The second-order valence-electron chi connectivity index (χ2n) is 8.77. The molecular weight excluding hydrogens is 428 g/mol. The zero-order chi connectivity index (χ0) is 23.7. The van der Waals surface area contributed by atoms with Gasteiger partial charge >= 0.3 is 0 Å². The van der Waals surface area contributed by atoms with Gasteiger partial charge in [0.15, 0.2) is 5.82 Å². The number of fused-ring (bicyclic) bond motifs is 1. The number of anilines is 2. The van der Waals surface area contributed by atoms with Crippen LogP contribution in [0.25, 0.3) is 10.8 Å². The van der Waals surface area contributed by atoms with Gasteiger partial charge in [0.05, 0.1) is 18.4 Å². The third kappa shape index (κ3) is 4.37. The van der Waals surface area contributed by atoms with Crippen molar-refractivity contribution in [2.75, 3.05) is 4.90 Å². The molecule has 0 atom stereocenters. The van der Waals surface area contributed by atoms with Gasteiger partial charge in [-0.15, -0.1) is 0 Å². The number of aromatic nitrogens is 2. The van der Waals surface area contributed by atoms with E-state index < -0.39 is 0 Å². The fraction of sp³-hybridized carbons (Fsp3) is 0.222. The molecular formula is C27H26N4O3. The van der Waals surface area contributed by atoms with Crippen molar-refractivity contribution in [1.82, 2.24) is 14.9 Å². The van der Waals surface area contributed by atoms with Gasteiger partial charge < -0.3 is 15.0 Å². The minimum atomic E-state index is -0.104. The lowest BCUT2D eigenvalue weighted by atomic mass is 9.86. The molecule has 34 heavy (non-hydrogen) atoms. The molecule has 7 nitrogen and oxygen atoms in total. The van der Waals surface area contributed by atoms with Crippen LogP contribution >= 0.6 is 0 Å². The largest absolute Gasteiger partial charge is 0.508 e. The number of nitrogens with one attached hydrogen (secondary N) is 1. The van der Waals surface area contributed by atoms with Crippen LogP contribution in [0.5, 0.6) is 5.75 Å². The number of carbonyl (C=O) groups is 2. The van der Waals surface area contributed by atoms with Gasteiger partial charge in [-0.2, -0.15) is 0 Å². The van der Waals surface area contributed by atoms with Crippen LogP contribution in [0, 0.1) is 0 Å². The fourth-order valence-electron chi connectivity index (χ4n) is 4.58. The van der Waals surface area contributed by atoms with Crippen LogP contribution in [0.1, 0.15) is 31.4 Å². The summed E-state index contributed by atoms with van der Waals surface area (Å²) in [5, 5.41) is 14.7. The van der Waals surface area contributed by atoms with E-state index in [-0.39, 0.29) is 36.1 Å². The number of phenols is 1. The van der Waals surface area contributed by atoms with Crippen LogP contribution in [0.3, 0.4) is 0 Å². The quantitative estimate of drug-likeness (QED) is 0.449. The molecule has 1 saturated carbocycles. The number of benzene rings is 3. The normalized spacial score (nSPS) is 17.2. The van der Waals surface area contributed by atoms with E-state index in [1.54, 1.807) is 36.4 Å². The molecule has 1 aliphatic carbocycles. The van der Waals surface area contributed by atoms with E-state index in [1.165, 1.54) is 0 Å².